The number of hydrogen-bond acceptors (Lipinski definition) is 3. The van der Waals surface area contributed by atoms with E-state index in [4.69, 9.17) is 0 Å². The summed E-state index contributed by atoms with van der Waals surface area (Å²) >= 11 is 0. The molecule has 0 bridgehead atoms. The molecule has 0 aromatic heterocycles. The van der Waals surface area contributed by atoms with Gasteiger partial charge in [-0.1, -0.05) is 61.8 Å². The molecule has 0 unspecified atom stereocenters. The minimum Gasteiger partial charge on any atom is -0.396 e. The lowest BCUT2D eigenvalue weighted by Crippen LogP contribution is -2.52. The minimum absolute atomic E-state index is 0.119. The second kappa shape index (κ2) is 14.2. The van der Waals surface area contributed by atoms with Gasteiger partial charge in [0.25, 0.3) is 0 Å². The molecule has 1 saturated carbocycles. The van der Waals surface area contributed by atoms with E-state index in [2.05, 4.69) is 53.3 Å². The van der Waals surface area contributed by atoms with E-state index in [1.807, 2.05) is 13.8 Å². The summed E-state index contributed by atoms with van der Waals surface area (Å²) in [6, 6.07) is 0. The first-order chi connectivity index (χ1) is 15.9. The van der Waals surface area contributed by atoms with Crippen molar-refractivity contribution < 1.29 is 15.0 Å². The van der Waals surface area contributed by atoms with E-state index >= 15 is 0 Å². The molecule has 2 N–H and O–H groups in total. The molecule has 0 heterocycles. The summed E-state index contributed by atoms with van der Waals surface area (Å²) in [6.45, 7) is 19.2. The first kappa shape index (κ1) is 30.6. The molecule has 0 spiro atoms. The lowest BCUT2D eigenvalue weighted by molar-refractivity contribution is -0.115. The number of allylic oxidation sites excluding steroid dienone is 7. The number of aliphatic hydroxyl groups is 2. The van der Waals surface area contributed by atoms with E-state index in [-0.39, 0.29) is 17.9 Å². The van der Waals surface area contributed by atoms with Gasteiger partial charge < -0.3 is 10.2 Å². The van der Waals surface area contributed by atoms with Gasteiger partial charge in [-0.15, -0.1) is 0 Å². The third-order valence-electron chi connectivity index (χ3n) is 8.48. The van der Waals surface area contributed by atoms with Crippen molar-refractivity contribution in [3.05, 3.63) is 46.6 Å². The van der Waals surface area contributed by atoms with Crippen LogP contribution >= 0.6 is 0 Å². The molecule has 1 fully saturated rings. The number of rotatable bonds is 14. The third kappa shape index (κ3) is 8.64. The van der Waals surface area contributed by atoms with Gasteiger partial charge in [-0.2, -0.15) is 0 Å². The molecule has 3 atom stereocenters. The van der Waals surface area contributed by atoms with Crippen LogP contribution in [-0.2, 0) is 4.79 Å². The van der Waals surface area contributed by atoms with Crippen LogP contribution in [-0.4, -0.2) is 28.7 Å². The van der Waals surface area contributed by atoms with Crippen molar-refractivity contribution in [2.45, 2.75) is 118 Å². The van der Waals surface area contributed by atoms with Crippen LogP contribution in [0.25, 0.3) is 0 Å². The fourth-order valence-electron chi connectivity index (χ4n) is 5.39. The highest BCUT2D eigenvalue weighted by atomic mass is 16.3. The summed E-state index contributed by atoms with van der Waals surface area (Å²) in [5.74, 6) is 0.676. The van der Waals surface area contributed by atoms with E-state index in [9.17, 15) is 15.0 Å². The molecule has 3 nitrogen and oxygen atoms in total. The van der Waals surface area contributed by atoms with Crippen molar-refractivity contribution in [2.24, 2.45) is 17.3 Å². The smallest absolute Gasteiger partial charge is 0.145 e. The van der Waals surface area contributed by atoms with Crippen LogP contribution in [0.5, 0.6) is 0 Å². The largest absolute Gasteiger partial charge is 0.396 e. The van der Waals surface area contributed by atoms with Crippen molar-refractivity contribution >= 4 is 6.29 Å². The van der Waals surface area contributed by atoms with Gasteiger partial charge in [0.1, 0.15) is 6.29 Å². The van der Waals surface area contributed by atoms with Crippen LogP contribution in [0.2, 0.25) is 0 Å². The van der Waals surface area contributed by atoms with Crippen LogP contribution in [0.1, 0.15) is 113 Å². The maximum atomic E-state index is 11.6. The summed E-state index contributed by atoms with van der Waals surface area (Å²) in [7, 11) is 0. The Morgan fingerprint density at radius 1 is 1.09 bits per heavy atom. The number of aliphatic hydroxyl groups excluding tert-OH is 1. The van der Waals surface area contributed by atoms with Crippen molar-refractivity contribution in [3.63, 3.8) is 0 Å². The normalized spacial score (nSPS) is 27.8. The second-order valence-electron chi connectivity index (χ2n) is 11.4. The molecule has 1 rings (SSSR count). The summed E-state index contributed by atoms with van der Waals surface area (Å²) in [5, 5.41) is 20.9. The van der Waals surface area contributed by atoms with E-state index in [0.717, 1.165) is 63.2 Å². The van der Waals surface area contributed by atoms with E-state index < -0.39 is 5.60 Å². The number of aldehydes is 1. The Bertz CT molecular complexity index is 766. The zero-order valence-corrected chi connectivity index (χ0v) is 23.2. The van der Waals surface area contributed by atoms with Gasteiger partial charge in [-0.3, -0.25) is 4.79 Å². The molecular formula is C31H52O3. The SMILES string of the molecule is C=C(CC/C(C)=C/CC/C(C)=C/CC[C@@]1(C)[C@@H](CCCO)/C(=C(/C)C=O)CC[C@@]1(C)O)C(C)C. The molecule has 0 aliphatic heterocycles. The number of hydrogen-bond donors (Lipinski definition) is 2. The molecule has 34 heavy (non-hydrogen) atoms. The Balaban J connectivity index is 2.81. The topological polar surface area (TPSA) is 57.5 Å². The van der Waals surface area contributed by atoms with Crippen molar-refractivity contribution in [2.75, 3.05) is 6.61 Å². The van der Waals surface area contributed by atoms with Crippen LogP contribution in [0.3, 0.4) is 0 Å². The molecule has 0 radical (unpaired) electrons. The average molecular weight is 473 g/mol. The molecular weight excluding hydrogens is 420 g/mol. The summed E-state index contributed by atoms with van der Waals surface area (Å²) in [6.07, 6.45) is 14.7. The highest BCUT2D eigenvalue weighted by Crippen LogP contribution is 2.55. The van der Waals surface area contributed by atoms with Gasteiger partial charge in [0.15, 0.2) is 0 Å². The average Bonchev–Trinajstić information content (AvgIpc) is 2.77. The summed E-state index contributed by atoms with van der Waals surface area (Å²) in [4.78, 5) is 11.6. The van der Waals surface area contributed by atoms with Crippen LogP contribution < -0.4 is 0 Å². The Hall–Kier alpha value is -1.45. The molecule has 3 heteroatoms. The monoisotopic (exact) mass is 472 g/mol. The predicted octanol–water partition coefficient (Wildman–Crippen LogP) is 7.89. The van der Waals surface area contributed by atoms with E-state index in [1.54, 1.807) is 0 Å². The van der Waals surface area contributed by atoms with Crippen LogP contribution in [0.4, 0.5) is 0 Å². The molecule has 0 amide bonds. The van der Waals surface area contributed by atoms with Gasteiger partial charge in [0.05, 0.1) is 5.60 Å². The zero-order valence-electron chi connectivity index (χ0n) is 23.2. The second-order valence-corrected chi connectivity index (χ2v) is 11.4. The molecule has 0 aromatic carbocycles. The van der Waals surface area contributed by atoms with E-state index in [0.29, 0.717) is 18.8 Å². The Morgan fingerprint density at radius 2 is 1.71 bits per heavy atom. The number of carbonyl (C=O) groups excluding carboxylic acids is 1. The standard InChI is InChI=1S/C31H52O3/c1-23(2)26(5)17-16-25(4)13-9-12-24(3)14-10-19-30(7)29(15-11-21-32)28(27(6)22-33)18-20-31(30,8)34/h13-14,22-23,29,32,34H,5,9-12,15-21H2,1-4,6-8H3/b24-14+,25-13+,28-27-/t29-,30-,31+/m0/s1. The Kier molecular flexibility index (Phi) is 12.8. The summed E-state index contributed by atoms with van der Waals surface area (Å²) < 4.78 is 0. The Labute approximate surface area is 210 Å². The van der Waals surface area contributed by atoms with Gasteiger partial charge >= 0.3 is 0 Å². The third-order valence-corrected chi connectivity index (χ3v) is 8.48. The van der Waals surface area contributed by atoms with E-state index in [1.165, 1.54) is 22.3 Å². The maximum absolute atomic E-state index is 11.6. The van der Waals surface area contributed by atoms with Gasteiger partial charge in [-0.05, 0) is 109 Å². The lowest BCUT2D eigenvalue weighted by Gasteiger charge is -2.53. The molecule has 0 aromatic rings. The fourth-order valence-corrected chi connectivity index (χ4v) is 5.39. The van der Waals surface area contributed by atoms with Crippen molar-refractivity contribution in [3.8, 4) is 0 Å². The zero-order chi connectivity index (χ0) is 25.9. The van der Waals surface area contributed by atoms with Crippen molar-refractivity contribution in [1.82, 2.24) is 0 Å². The first-order valence-corrected chi connectivity index (χ1v) is 13.4. The quantitative estimate of drug-likeness (QED) is 0.153. The highest BCUT2D eigenvalue weighted by molar-refractivity contribution is 5.74. The predicted molar refractivity (Wildman–Crippen MR) is 146 cm³/mol. The van der Waals surface area contributed by atoms with Crippen LogP contribution in [0.15, 0.2) is 46.6 Å². The number of carbonyl (C=O) groups is 1. The maximum Gasteiger partial charge on any atom is 0.145 e. The van der Waals surface area contributed by atoms with Gasteiger partial charge in [0.2, 0.25) is 0 Å². The summed E-state index contributed by atoms with van der Waals surface area (Å²) in [5.41, 5.74) is 5.02. The van der Waals surface area contributed by atoms with Crippen LogP contribution in [0, 0.1) is 17.3 Å². The van der Waals surface area contributed by atoms with Gasteiger partial charge in [0, 0.05) is 12.0 Å². The minimum atomic E-state index is -0.790. The fraction of sp³-hybridized carbons (Fsp3) is 0.710. The lowest BCUT2D eigenvalue weighted by atomic mass is 9.54. The highest BCUT2D eigenvalue weighted by Gasteiger charge is 2.51. The molecule has 1 aliphatic carbocycles. The molecule has 194 valence electrons. The Morgan fingerprint density at radius 3 is 2.29 bits per heavy atom. The first-order valence-electron chi connectivity index (χ1n) is 13.4. The van der Waals surface area contributed by atoms with Gasteiger partial charge in [-0.25, -0.2) is 0 Å². The van der Waals surface area contributed by atoms with Crippen molar-refractivity contribution in [1.29, 1.82) is 0 Å². The molecule has 0 saturated heterocycles. The molecule has 1 aliphatic rings.